The fraction of sp³-hybridized carbons (Fsp3) is 0.143. The van der Waals surface area contributed by atoms with Gasteiger partial charge >= 0.3 is 0 Å². The van der Waals surface area contributed by atoms with Gasteiger partial charge < -0.3 is 0 Å². The SMILES string of the molecule is Cc1cc(C)c(S(=O)(=O)Nc2ccc(NS(=O)(=O)c3ccc(F)cc3)cc2)c(C)c1. The number of rotatable bonds is 6. The van der Waals surface area contributed by atoms with Crippen molar-refractivity contribution >= 4 is 31.4 Å². The van der Waals surface area contributed by atoms with E-state index < -0.39 is 25.9 Å². The van der Waals surface area contributed by atoms with Crippen molar-refractivity contribution in [1.29, 1.82) is 0 Å². The first-order chi connectivity index (χ1) is 14.0. The number of hydrogen-bond donors (Lipinski definition) is 2. The Morgan fingerprint density at radius 1 is 0.667 bits per heavy atom. The lowest BCUT2D eigenvalue weighted by atomic mass is 10.1. The average Bonchev–Trinajstić information content (AvgIpc) is 2.62. The highest BCUT2D eigenvalue weighted by Gasteiger charge is 2.20. The number of anilines is 2. The molecule has 2 N–H and O–H groups in total. The molecule has 0 aliphatic rings. The van der Waals surface area contributed by atoms with Crippen molar-refractivity contribution in [3.05, 3.63) is 83.2 Å². The van der Waals surface area contributed by atoms with Gasteiger partial charge in [0, 0.05) is 11.4 Å². The summed E-state index contributed by atoms with van der Waals surface area (Å²) in [6.45, 7) is 5.37. The Labute approximate surface area is 175 Å². The zero-order chi connectivity index (χ0) is 22.1. The molecule has 3 aromatic rings. The van der Waals surface area contributed by atoms with Crippen LogP contribution < -0.4 is 9.44 Å². The standard InChI is InChI=1S/C21H21FN2O4S2/c1-14-12-15(2)21(16(3)13-14)30(27,28)24-19-8-6-18(7-9-19)23-29(25,26)20-10-4-17(22)5-11-20/h4-13,23-24H,1-3H3. The summed E-state index contributed by atoms with van der Waals surface area (Å²) >= 11 is 0. The number of halogens is 1. The molecule has 0 amide bonds. The van der Waals surface area contributed by atoms with Crippen molar-refractivity contribution in [3.63, 3.8) is 0 Å². The summed E-state index contributed by atoms with van der Waals surface area (Å²) in [5.74, 6) is -0.537. The van der Waals surface area contributed by atoms with Gasteiger partial charge in [0.1, 0.15) is 5.82 Å². The third-order valence-electron chi connectivity index (χ3n) is 4.39. The molecule has 0 bridgehead atoms. The van der Waals surface area contributed by atoms with Crippen LogP contribution in [0.4, 0.5) is 15.8 Å². The molecule has 0 saturated carbocycles. The number of hydrogen-bond acceptors (Lipinski definition) is 4. The predicted octanol–water partition coefficient (Wildman–Crippen LogP) is 4.35. The van der Waals surface area contributed by atoms with Gasteiger partial charge in [0.25, 0.3) is 20.0 Å². The van der Waals surface area contributed by atoms with E-state index in [1.54, 1.807) is 26.0 Å². The summed E-state index contributed by atoms with van der Waals surface area (Å²) in [6.07, 6.45) is 0. The van der Waals surface area contributed by atoms with Crippen molar-refractivity contribution in [3.8, 4) is 0 Å². The van der Waals surface area contributed by atoms with E-state index in [0.29, 0.717) is 16.8 Å². The lowest BCUT2D eigenvalue weighted by Gasteiger charge is -2.14. The molecule has 3 aromatic carbocycles. The minimum absolute atomic E-state index is 0.0843. The van der Waals surface area contributed by atoms with Crippen LogP contribution in [0, 0.1) is 26.6 Å². The van der Waals surface area contributed by atoms with Gasteiger partial charge in [0.05, 0.1) is 9.79 Å². The largest absolute Gasteiger partial charge is 0.280 e. The second-order valence-corrected chi connectivity index (χ2v) is 10.3. The van der Waals surface area contributed by atoms with E-state index in [1.807, 2.05) is 6.92 Å². The lowest BCUT2D eigenvalue weighted by molar-refractivity contribution is 0.597. The fourth-order valence-electron chi connectivity index (χ4n) is 3.23. The summed E-state index contributed by atoms with van der Waals surface area (Å²) in [6, 6.07) is 13.8. The van der Waals surface area contributed by atoms with Gasteiger partial charge in [-0.2, -0.15) is 0 Å². The molecule has 0 atom stereocenters. The second-order valence-electron chi connectivity index (χ2n) is 6.97. The molecule has 0 aromatic heterocycles. The summed E-state index contributed by atoms with van der Waals surface area (Å²) in [4.78, 5) is 0.133. The van der Waals surface area contributed by atoms with Crippen LogP contribution in [0.15, 0.2) is 70.5 Å². The van der Waals surface area contributed by atoms with Gasteiger partial charge in [-0.1, -0.05) is 17.7 Å². The molecule has 6 nitrogen and oxygen atoms in total. The van der Waals surface area contributed by atoms with Gasteiger partial charge in [-0.25, -0.2) is 21.2 Å². The average molecular weight is 449 g/mol. The monoisotopic (exact) mass is 448 g/mol. The maximum absolute atomic E-state index is 13.0. The summed E-state index contributed by atoms with van der Waals surface area (Å²) in [7, 11) is -7.70. The van der Waals surface area contributed by atoms with E-state index in [-0.39, 0.29) is 15.5 Å². The van der Waals surface area contributed by atoms with E-state index in [1.165, 1.54) is 24.3 Å². The highest BCUT2D eigenvalue weighted by Crippen LogP contribution is 2.25. The molecule has 9 heteroatoms. The normalized spacial score (nSPS) is 11.9. The number of benzene rings is 3. The first-order valence-corrected chi connectivity index (χ1v) is 11.9. The van der Waals surface area contributed by atoms with E-state index in [2.05, 4.69) is 9.44 Å². The Kier molecular flexibility index (Phi) is 5.87. The Morgan fingerprint density at radius 2 is 1.10 bits per heavy atom. The van der Waals surface area contributed by atoms with Crippen LogP contribution in [0.5, 0.6) is 0 Å². The fourth-order valence-corrected chi connectivity index (χ4v) is 5.80. The van der Waals surface area contributed by atoms with Gasteiger partial charge in [0.15, 0.2) is 0 Å². The molecule has 0 unspecified atom stereocenters. The quantitative estimate of drug-likeness (QED) is 0.586. The molecular formula is C21H21FN2O4S2. The van der Waals surface area contributed by atoms with Crippen molar-refractivity contribution in [1.82, 2.24) is 0 Å². The predicted molar refractivity (Wildman–Crippen MR) is 115 cm³/mol. The van der Waals surface area contributed by atoms with Crippen molar-refractivity contribution in [2.24, 2.45) is 0 Å². The Balaban J connectivity index is 1.80. The maximum Gasteiger partial charge on any atom is 0.262 e. The van der Waals surface area contributed by atoms with Crippen LogP contribution in [0.25, 0.3) is 0 Å². The first kappa shape index (κ1) is 21.8. The van der Waals surface area contributed by atoms with Crippen LogP contribution in [-0.2, 0) is 20.0 Å². The van der Waals surface area contributed by atoms with Gasteiger partial charge in [-0.3, -0.25) is 9.44 Å². The van der Waals surface area contributed by atoms with Crippen molar-refractivity contribution in [2.45, 2.75) is 30.6 Å². The van der Waals surface area contributed by atoms with Crippen LogP contribution in [0.3, 0.4) is 0 Å². The molecule has 0 heterocycles. The smallest absolute Gasteiger partial charge is 0.262 e. The maximum atomic E-state index is 13.0. The number of aryl methyl sites for hydroxylation is 3. The molecule has 0 fully saturated rings. The summed E-state index contributed by atoms with van der Waals surface area (Å²) in [5, 5.41) is 0. The third kappa shape index (κ3) is 4.80. The van der Waals surface area contributed by atoms with Gasteiger partial charge in [-0.15, -0.1) is 0 Å². The van der Waals surface area contributed by atoms with E-state index in [9.17, 15) is 21.2 Å². The first-order valence-electron chi connectivity index (χ1n) is 8.97. The molecule has 30 heavy (non-hydrogen) atoms. The van der Waals surface area contributed by atoms with Crippen LogP contribution in [-0.4, -0.2) is 16.8 Å². The number of sulfonamides is 2. The van der Waals surface area contributed by atoms with Crippen LogP contribution in [0.2, 0.25) is 0 Å². The Hall–Kier alpha value is -2.91. The third-order valence-corrected chi connectivity index (χ3v) is 7.47. The van der Waals surface area contributed by atoms with Crippen molar-refractivity contribution < 1.29 is 21.2 Å². The molecular weight excluding hydrogens is 427 g/mol. The minimum atomic E-state index is -3.89. The van der Waals surface area contributed by atoms with Crippen LogP contribution >= 0.6 is 0 Å². The van der Waals surface area contributed by atoms with Crippen molar-refractivity contribution in [2.75, 3.05) is 9.44 Å². The van der Waals surface area contributed by atoms with E-state index in [0.717, 1.165) is 29.8 Å². The lowest BCUT2D eigenvalue weighted by Crippen LogP contribution is -2.16. The summed E-state index contributed by atoms with van der Waals surface area (Å²) in [5.41, 5.74) is 2.79. The zero-order valence-electron chi connectivity index (χ0n) is 16.6. The Bertz CT molecular complexity index is 1260. The Morgan fingerprint density at radius 3 is 1.57 bits per heavy atom. The van der Waals surface area contributed by atoms with Crippen LogP contribution in [0.1, 0.15) is 16.7 Å². The minimum Gasteiger partial charge on any atom is -0.280 e. The van der Waals surface area contributed by atoms with Gasteiger partial charge in [-0.05, 0) is 80.4 Å². The summed E-state index contributed by atoms with van der Waals surface area (Å²) < 4.78 is 68.3. The second kappa shape index (κ2) is 8.08. The molecule has 158 valence electrons. The highest BCUT2D eigenvalue weighted by atomic mass is 32.2. The van der Waals surface area contributed by atoms with E-state index >= 15 is 0 Å². The zero-order valence-corrected chi connectivity index (χ0v) is 18.2. The number of nitrogens with one attached hydrogen (secondary N) is 2. The molecule has 0 spiro atoms. The highest BCUT2D eigenvalue weighted by molar-refractivity contribution is 7.93. The molecule has 0 aliphatic carbocycles. The molecule has 3 rings (SSSR count). The topological polar surface area (TPSA) is 92.3 Å². The molecule has 0 aliphatic heterocycles. The molecule has 0 radical (unpaired) electrons. The van der Waals surface area contributed by atoms with Gasteiger partial charge in [0.2, 0.25) is 0 Å². The van der Waals surface area contributed by atoms with E-state index in [4.69, 9.17) is 0 Å². The molecule has 0 saturated heterocycles.